The molecule has 0 spiro atoms. The molecule has 1 atom stereocenters. The van der Waals surface area contributed by atoms with Crippen molar-refractivity contribution in [2.75, 3.05) is 31.6 Å². The van der Waals surface area contributed by atoms with Crippen LogP contribution in [0.1, 0.15) is 32.1 Å². The van der Waals surface area contributed by atoms with E-state index in [0.717, 1.165) is 38.8 Å². The van der Waals surface area contributed by atoms with Gasteiger partial charge in [-0.05, 0) is 50.9 Å². The molecule has 0 amide bonds. The highest BCUT2D eigenvalue weighted by molar-refractivity contribution is 8.00. The molecule has 0 aromatic carbocycles. The molecule has 2 N–H and O–H groups in total. The average Bonchev–Trinajstić information content (AvgIpc) is 2.29. The molecule has 106 valence electrons. The minimum Gasteiger partial charge on any atom is -0.316 e. The van der Waals surface area contributed by atoms with E-state index in [1.807, 2.05) is 0 Å². The highest BCUT2D eigenvalue weighted by Gasteiger charge is 2.37. The molecule has 18 heavy (non-hydrogen) atoms. The standard InChI is InChI=1S/C12H24N2O2S2/c1-17-12(5-3-6-12)10-14-18(15,16)9-11-4-2-7-13-8-11/h11,13-14H,2-10H2,1H3. The summed E-state index contributed by atoms with van der Waals surface area (Å²) in [5.74, 6) is 0.563. The molecule has 1 heterocycles. The molecule has 1 unspecified atom stereocenters. The number of hydrogen-bond acceptors (Lipinski definition) is 4. The first-order chi connectivity index (χ1) is 8.55. The van der Waals surface area contributed by atoms with Crippen LogP contribution >= 0.6 is 11.8 Å². The van der Waals surface area contributed by atoms with E-state index in [0.29, 0.717) is 6.54 Å². The summed E-state index contributed by atoms with van der Waals surface area (Å²) >= 11 is 1.81. The van der Waals surface area contributed by atoms with Crippen molar-refractivity contribution in [3.63, 3.8) is 0 Å². The quantitative estimate of drug-likeness (QED) is 0.772. The molecule has 0 aromatic rings. The zero-order valence-corrected chi connectivity index (χ0v) is 12.7. The fraction of sp³-hybridized carbons (Fsp3) is 1.00. The molecule has 0 radical (unpaired) electrons. The molecular formula is C12H24N2O2S2. The van der Waals surface area contributed by atoms with Gasteiger partial charge in [0, 0.05) is 11.3 Å². The summed E-state index contributed by atoms with van der Waals surface area (Å²) in [4.78, 5) is 0. The Kier molecular flexibility index (Phi) is 4.97. The monoisotopic (exact) mass is 292 g/mol. The number of rotatable bonds is 6. The van der Waals surface area contributed by atoms with Gasteiger partial charge in [0.05, 0.1) is 5.75 Å². The lowest BCUT2D eigenvalue weighted by Gasteiger charge is -2.40. The summed E-state index contributed by atoms with van der Waals surface area (Å²) in [6.07, 6.45) is 7.72. The van der Waals surface area contributed by atoms with Crippen LogP contribution in [0.4, 0.5) is 0 Å². The van der Waals surface area contributed by atoms with Gasteiger partial charge < -0.3 is 5.32 Å². The van der Waals surface area contributed by atoms with E-state index in [-0.39, 0.29) is 16.4 Å². The second-order valence-corrected chi connectivity index (χ2v) is 8.68. The molecule has 1 saturated heterocycles. The smallest absolute Gasteiger partial charge is 0.211 e. The number of sulfonamides is 1. The summed E-state index contributed by atoms with van der Waals surface area (Å²) < 4.78 is 27.1. The van der Waals surface area contributed by atoms with Gasteiger partial charge in [-0.2, -0.15) is 11.8 Å². The van der Waals surface area contributed by atoms with Crippen LogP contribution in [0.15, 0.2) is 0 Å². The van der Waals surface area contributed by atoms with Crippen molar-refractivity contribution in [3.05, 3.63) is 0 Å². The number of thioether (sulfide) groups is 1. The maximum absolute atomic E-state index is 12.1. The Hall–Kier alpha value is 0.220. The highest BCUT2D eigenvalue weighted by atomic mass is 32.2. The molecule has 0 bridgehead atoms. The van der Waals surface area contributed by atoms with Crippen molar-refractivity contribution >= 4 is 21.8 Å². The van der Waals surface area contributed by atoms with Crippen LogP contribution in [-0.2, 0) is 10.0 Å². The first-order valence-electron chi connectivity index (χ1n) is 6.78. The van der Waals surface area contributed by atoms with Crippen LogP contribution in [-0.4, -0.2) is 44.8 Å². The SMILES string of the molecule is CSC1(CNS(=O)(=O)CC2CCCNC2)CCC1. The second-order valence-electron chi connectivity index (χ2n) is 5.56. The molecule has 0 aromatic heterocycles. The normalized spacial score (nSPS) is 27.7. The van der Waals surface area contributed by atoms with Gasteiger partial charge in [-0.1, -0.05) is 6.42 Å². The number of nitrogens with one attached hydrogen (secondary N) is 2. The molecule has 2 rings (SSSR count). The summed E-state index contributed by atoms with van der Waals surface area (Å²) in [6, 6.07) is 0. The van der Waals surface area contributed by atoms with Gasteiger partial charge in [-0.25, -0.2) is 13.1 Å². The predicted octanol–water partition coefficient (Wildman–Crippen LogP) is 1.19. The van der Waals surface area contributed by atoms with E-state index in [4.69, 9.17) is 0 Å². The van der Waals surface area contributed by atoms with Crippen molar-refractivity contribution in [1.82, 2.24) is 10.0 Å². The van der Waals surface area contributed by atoms with Crippen LogP contribution in [0.3, 0.4) is 0 Å². The zero-order chi connectivity index (χ0) is 13.1. The van der Waals surface area contributed by atoms with E-state index in [1.165, 1.54) is 6.42 Å². The van der Waals surface area contributed by atoms with Gasteiger partial charge in [-0.15, -0.1) is 0 Å². The molecule has 4 nitrogen and oxygen atoms in total. The Morgan fingerprint density at radius 1 is 1.39 bits per heavy atom. The summed E-state index contributed by atoms with van der Waals surface area (Å²) in [6.45, 7) is 2.48. The van der Waals surface area contributed by atoms with E-state index < -0.39 is 10.0 Å². The van der Waals surface area contributed by atoms with Gasteiger partial charge >= 0.3 is 0 Å². The second kappa shape index (κ2) is 6.11. The lowest BCUT2D eigenvalue weighted by molar-refractivity contribution is 0.360. The first-order valence-corrected chi connectivity index (χ1v) is 9.66. The van der Waals surface area contributed by atoms with Crippen molar-refractivity contribution in [2.24, 2.45) is 5.92 Å². The summed E-state index contributed by atoms with van der Waals surface area (Å²) in [7, 11) is -3.10. The van der Waals surface area contributed by atoms with Gasteiger partial charge in [0.15, 0.2) is 0 Å². The minimum absolute atomic E-state index is 0.178. The summed E-state index contributed by atoms with van der Waals surface area (Å²) in [5.41, 5.74) is 0. The van der Waals surface area contributed by atoms with Crippen LogP contribution in [0, 0.1) is 5.92 Å². The van der Waals surface area contributed by atoms with Crippen LogP contribution in [0.2, 0.25) is 0 Å². The third-order valence-corrected chi connectivity index (χ3v) is 7.08. The Balaban J connectivity index is 1.79. The summed E-state index contributed by atoms with van der Waals surface area (Å²) in [5, 5.41) is 3.27. The number of hydrogen-bond donors (Lipinski definition) is 2. The first kappa shape index (κ1) is 14.6. The topological polar surface area (TPSA) is 58.2 Å². The molecule has 2 aliphatic rings. The Labute approximate surface area is 115 Å². The van der Waals surface area contributed by atoms with E-state index >= 15 is 0 Å². The third kappa shape index (κ3) is 3.85. The molecule has 2 fully saturated rings. The van der Waals surface area contributed by atoms with E-state index in [1.54, 1.807) is 11.8 Å². The zero-order valence-electron chi connectivity index (χ0n) is 11.1. The largest absolute Gasteiger partial charge is 0.316 e. The molecule has 6 heteroatoms. The van der Waals surface area contributed by atoms with Crippen LogP contribution in [0.25, 0.3) is 0 Å². The van der Waals surface area contributed by atoms with Gasteiger partial charge in [0.2, 0.25) is 10.0 Å². The maximum Gasteiger partial charge on any atom is 0.211 e. The molecular weight excluding hydrogens is 268 g/mol. The van der Waals surface area contributed by atoms with Crippen LogP contribution < -0.4 is 10.0 Å². The van der Waals surface area contributed by atoms with Crippen molar-refractivity contribution in [1.29, 1.82) is 0 Å². The number of piperidine rings is 1. The predicted molar refractivity (Wildman–Crippen MR) is 77.5 cm³/mol. The molecule has 1 aliphatic heterocycles. The third-order valence-electron chi connectivity index (χ3n) is 4.17. The fourth-order valence-corrected chi connectivity index (χ4v) is 5.23. The highest BCUT2D eigenvalue weighted by Crippen LogP contribution is 2.42. The molecule has 1 aliphatic carbocycles. The van der Waals surface area contributed by atoms with E-state index in [2.05, 4.69) is 16.3 Å². The average molecular weight is 292 g/mol. The lowest BCUT2D eigenvalue weighted by atomic mass is 9.84. The van der Waals surface area contributed by atoms with Gasteiger partial charge in [0.25, 0.3) is 0 Å². The Morgan fingerprint density at radius 3 is 2.67 bits per heavy atom. The Bertz CT molecular complexity index is 355. The van der Waals surface area contributed by atoms with Crippen LogP contribution in [0.5, 0.6) is 0 Å². The minimum atomic E-state index is -3.10. The maximum atomic E-state index is 12.1. The van der Waals surface area contributed by atoms with Crippen molar-refractivity contribution in [3.8, 4) is 0 Å². The lowest BCUT2D eigenvalue weighted by Crippen LogP contribution is -2.47. The van der Waals surface area contributed by atoms with Gasteiger partial charge in [-0.3, -0.25) is 0 Å². The fourth-order valence-electron chi connectivity index (χ4n) is 2.70. The Morgan fingerprint density at radius 2 is 2.17 bits per heavy atom. The van der Waals surface area contributed by atoms with E-state index in [9.17, 15) is 8.42 Å². The van der Waals surface area contributed by atoms with Gasteiger partial charge in [0.1, 0.15) is 0 Å². The van der Waals surface area contributed by atoms with Crippen molar-refractivity contribution in [2.45, 2.75) is 36.9 Å². The van der Waals surface area contributed by atoms with Crippen molar-refractivity contribution < 1.29 is 8.42 Å². The molecule has 1 saturated carbocycles.